The average molecular weight is 754 g/mol. The molecule has 2 heterocycles. The van der Waals surface area contributed by atoms with Crippen molar-refractivity contribution < 1.29 is 48.7 Å². The topological polar surface area (TPSA) is 191 Å². The van der Waals surface area contributed by atoms with Crippen LogP contribution in [-0.2, 0) is 37.0 Å². The van der Waals surface area contributed by atoms with Crippen molar-refractivity contribution in [3.63, 3.8) is 0 Å². The van der Waals surface area contributed by atoms with Gasteiger partial charge < -0.3 is 49.5 Å². The quantitative estimate of drug-likeness (QED) is 0.113. The van der Waals surface area contributed by atoms with Gasteiger partial charge in [0, 0.05) is 25.6 Å². The first-order chi connectivity index (χ1) is 24.1. The maximum absolute atomic E-state index is 13.3. The van der Waals surface area contributed by atoms with E-state index in [0.29, 0.717) is 42.7 Å². The number of esters is 1. The summed E-state index contributed by atoms with van der Waals surface area (Å²) in [6.45, 7) is 6.83. The summed E-state index contributed by atoms with van der Waals surface area (Å²) in [5.41, 5.74) is 1.26. The number of hydrogen-bond donors (Lipinski definition) is 5. The minimum Gasteiger partial charge on any atom is -0.483 e. The smallest absolute Gasteiger partial charge is 0.306 e. The number of imidazole rings is 1. The number of carbonyl (C=O) groups excluding carboxylic acids is 3. The maximum atomic E-state index is 13.3. The first-order valence-corrected chi connectivity index (χ1v) is 17.4. The zero-order valence-corrected chi connectivity index (χ0v) is 30.8. The van der Waals surface area contributed by atoms with E-state index in [4.69, 9.17) is 42.1 Å². The fourth-order valence-electron chi connectivity index (χ4n) is 5.67. The minimum atomic E-state index is -1.50. The molecule has 4 rings (SSSR count). The highest BCUT2D eigenvalue weighted by molar-refractivity contribution is 6.38. The van der Waals surface area contributed by atoms with Gasteiger partial charge >= 0.3 is 5.97 Å². The van der Waals surface area contributed by atoms with Gasteiger partial charge in [-0.05, 0) is 64.3 Å². The van der Waals surface area contributed by atoms with E-state index in [1.165, 1.54) is 13.2 Å². The van der Waals surface area contributed by atoms with Crippen molar-refractivity contribution in [2.75, 3.05) is 20.3 Å². The molecule has 280 valence electrons. The van der Waals surface area contributed by atoms with Gasteiger partial charge in [-0.3, -0.25) is 14.4 Å². The molecule has 1 saturated heterocycles. The second-order valence-corrected chi connectivity index (χ2v) is 14.0. The van der Waals surface area contributed by atoms with Crippen LogP contribution in [-0.4, -0.2) is 99.2 Å². The summed E-state index contributed by atoms with van der Waals surface area (Å²) in [4.78, 5) is 42.9. The molecule has 1 aliphatic heterocycles. The molecule has 5 N–H and O–H groups in total. The van der Waals surface area contributed by atoms with Crippen LogP contribution in [0.3, 0.4) is 0 Å². The van der Waals surface area contributed by atoms with Gasteiger partial charge in [0.2, 0.25) is 5.91 Å². The number of ether oxygens (including phenoxy) is 4. The molecule has 0 spiro atoms. The number of rotatable bonds is 15. The van der Waals surface area contributed by atoms with Crippen LogP contribution in [0, 0.1) is 6.92 Å². The number of aromatic nitrogens is 2. The number of unbranched alkanes of at least 4 members (excludes halogenated alkanes) is 2. The summed E-state index contributed by atoms with van der Waals surface area (Å²) in [6.07, 6.45) is -2.79. The molecule has 0 aliphatic carbocycles. The number of fused-ring (bicyclic) bond motifs is 1. The van der Waals surface area contributed by atoms with Crippen LogP contribution >= 0.6 is 23.2 Å². The van der Waals surface area contributed by atoms with Gasteiger partial charge in [0.15, 0.2) is 12.0 Å². The molecule has 1 aromatic heterocycles. The van der Waals surface area contributed by atoms with Crippen molar-refractivity contribution in [1.82, 2.24) is 20.2 Å². The number of para-hydroxylation sites is 2. The Balaban J connectivity index is 1.40. The van der Waals surface area contributed by atoms with E-state index >= 15 is 0 Å². The van der Waals surface area contributed by atoms with E-state index in [0.717, 1.165) is 11.9 Å². The molecule has 0 unspecified atom stereocenters. The molecule has 0 radical (unpaired) electrons. The van der Waals surface area contributed by atoms with E-state index in [1.807, 2.05) is 45.0 Å². The zero-order chi connectivity index (χ0) is 37.5. The number of amides is 2. The molecule has 16 heteroatoms. The minimum absolute atomic E-state index is 0.0203. The van der Waals surface area contributed by atoms with E-state index < -0.39 is 48.8 Å². The van der Waals surface area contributed by atoms with Crippen molar-refractivity contribution in [2.45, 2.75) is 103 Å². The second kappa shape index (κ2) is 17.8. The number of methoxy groups -OCH3 is 1. The Morgan fingerprint density at radius 2 is 1.80 bits per heavy atom. The van der Waals surface area contributed by atoms with E-state index in [2.05, 4.69) is 15.6 Å². The average Bonchev–Trinajstić information content (AvgIpc) is 3.42. The normalized spacial score (nSPS) is 20.6. The van der Waals surface area contributed by atoms with Crippen LogP contribution in [0.4, 0.5) is 0 Å². The van der Waals surface area contributed by atoms with Gasteiger partial charge in [-0.15, -0.1) is 0 Å². The van der Waals surface area contributed by atoms with Gasteiger partial charge in [0.1, 0.15) is 48.9 Å². The van der Waals surface area contributed by atoms with Crippen LogP contribution in [0.25, 0.3) is 11.0 Å². The third-order valence-electron chi connectivity index (χ3n) is 8.26. The number of benzene rings is 2. The number of nitrogens with one attached hydrogen (secondary N) is 2. The fraction of sp³-hybridized carbons (Fsp3) is 0.543. The van der Waals surface area contributed by atoms with Gasteiger partial charge in [-0.2, -0.15) is 0 Å². The molecule has 3 aromatic rings. The lowest BCUT2D eigenvalue weighted by atomic mass is 9.96. The first kappa shape index (κ1) is 40.3. The van der Waals surface area contributed by atoms with Crippen LogP contribution in [0.1, 0.15) is 68.2 Å². The second-order valence-electron chi connectivity index (χ2n) is 13.3. The number of halogens is 2. The highest BCUT2D eigenvalue weighted by Gasteiger charge is 2.45. The van der Waals surface area contributed by atoms with E-state index in [1.54, 1.807) is 11.5 Å². The number of aliphatic hydroxyl groups is 3. The van der Waals surface area contributed by atoms with E-state index in [9.17, 15) is 29.7 Å². The SMILES string of the molecule is CO[C@H]1O[C@H](CO)[C@@H](O)[C@H](O)[C@H]1NC(=O)c1cc(Cl)c(OCc2nc3ccccc3n2CC(=O)NCCCCCC(=O)OC(C)(C)C)c(Cl)c1C. The number of carbonyl (C=O) groups is 3. The highest BCUT2D eigenvalue weighted by Crippen LogP contribution is 2.38. The summed E-state index contributed by atoms with van der Waals surface area (Å²) in [5, 5.41) is 36.0. The van der Waals surface area contributed by atoms with Crippen LogP contribution in [0.5, 0.6) is 5.75 Å². The highest BCUT2D eigenvalue weighted by atomic mass is 35.5. The molecule has 0 saturated carbocycles. The molecular formula is C35H46Cl2N4O10. The maximum Gasteiger partial charge on any atom is 0.306 e. The van der Waals surface area contributed by atoms with Gasteiger partial charge in [0.05, 0.1) is 27.7 Å². The summed E-state index contributed by atoms with van der Waals surface area (Å²) in [7, 11) is 1.30. The lowest BCUT2D eigenvalue weighted by Crippen LogP contribution is -2.64. The molecule has 1 aliphatic rings. The summed E-state index contributed by atoms with van der Waals surface area (Å²) in [6, 6.07) is 7.53. The number of aliphatic hydroxyl groups excluding tert-OH is 3. The monoisotopic (exact) mass is 752 g/mol. The molecule has 14 nitrogen and oxygen atoms in total. The van der Waals surface area contributed by atoms with Gasteiger partial charge in [0.25, 0.3) is 5.91 Å². The molecule has 2 amide bonds. The van der Waals surface area contributed by atoms with Crippen LogP contribution < -0.4 is 15.4 Å². The summed E-state index contributed by atoms with van der Waals surface area (Å²) >= 11 is 13.2. The zero-order valence-electron chi connectivity index (χ0n) is 29.3. The first-order valence-electron chi connectivity index (χ1n) is 16.6. The third-order valence-corrected chi connectivity index (χ3v) is 8.99. The predicted molar refractivity (Wildman–Crippen MR) is 189 cm³/mol. The molecule has 2 aromatic carbocycles. The Morgan fingerprint density at radius 3 is 2.49 bits per heavy atom. The fourth-order valence-corrected chi connectivity index (χ4v) is 6.23. The third kappa shape index (κ3) is 10.3. The Hall–Kier alpha value is -3.50. The summed E-state index contributed by atoms with van der Waals surface area (Å²) < 4.78 is 23.8. The lowest BCUT2D eigenvalue weighted by molar-refractivity contribution is -0.261. The van der Waals surface area contributed by atoms with Crippen molar-refractivity contribution in [1.29, 1.82) is 0 Å². The largest absolute Gasteiger partial charge is 0.483 e. The van der Waals surface area contributed by atoms with Crippen LogP contribution in [0.15, 0.2) is 30.3 Å². The number of nitrogens with zero attached hydrogens (tertiary/aromatic N) is 2. The van der Waals surface area contributed by atoms with Gasteiger partial charge in [-0.1, -0.05) is 41.8 Å². The Labute approximate surface area is 306 Å². The molecule has 0 bridgehead atoms. The Kier molecular flexibility index (Phi) is 14.1. The molecular weight excluding hydrogens is 707 g/mol. The van der Waals surface area contributed by atoms with Crippen molar-refractivity contribution >= 4 is 52.0 Å². The standard InChI is InChI=1S/C35H46Cl2N4O10/c1-19-20(33(47)40-29-31(46)30(45)24(17-42)50-34(29)48-5)15-21(36)32(28(19)37)49-18-25-39-22-11-8-9-12-23(22)41(25)16-26(43)38-14-10-6-7-13-27(44)51-35(2,3)4/h8-9,11-12,15,24,29-31,34,42,45-46H,6-7,10,13-14,16-18H2,1-5H3,(H,38,43)(H,40,47)/t24-,29-,30-,31-,34+/m1/s1. The molecule has 51 heavy (non-hydrogen) atoms. The van der Waals surface area contributed by atoms with Crippen molar-refractivity contribution in [3.05, 3.63) is 57.3 Å². The summed E-state index contributed by atoms with van der Waals surface area (Å²) in [5.74, 6) is -0.607. The molecule has 1 fully saturated rings. The van der Waals surface area contributed by atoms with Crippen LogP contribution in [0.2, 0.25) is 10.0 Å². The van der Waals surface area contributed by atoms with E-state index in [-0.39, 0.29) is 46.4 Å². The van der Waals surface area contributed by atoms with Gasteiger partial charge in [-0.25, -0.2) is 4.98 Å². The Bertz CT molecular complexity index is 1690. The molecule has 5 atom stereocenters. The lowest BCUT2D eigenvalue weighted by Gasteiger charge is -2.41. The predicted octanol–water partition coefficient (Wildman–Crippen LogP) is 3.43. The number of hydrogen-bond acceptors (Lipinski definition) is 11. The van der Waals surface area contributed by atoms with Crippen molar-refractivity contribution in [3.8, 4) is 5.75 Å². The van der Waals surface area contributed by atoms with Crippen molar-refractivity contribution in [2.24, 2.45) is 0 Å². The Morgan fingerprint density at radius 1 is 1.08 bits per heavy atom.